The van der Waals surface area contributed by atoms with Gasteiger partial charge >= 0.3 is 0 Å². The van der Waals surface area contributed by atoms with Crippen LogP contribution in [0, 0.1) is 10.1 Å². The Labute approximate surface area is 114 Å². The van der Waals surface area contributed by atoms with Crippen molar-refractivity contribution < 1.29 is 9.66 Å². The predicted molar refractivity (Wildman–Crippen MR) is 72.2 cm³/mol. The number of methoxy groups -OCH3 is 1. The van der Waals surface area contributed by atoms with Crippen molar-refractivity contribution in [1.82, 2.24) is 5.32 Å². The van der Waals surface area contributed by atoms with Crippen molar-refractivity contribution in [2.75, 3.05) is 14.2 Å². The number of nitrogens with one attached hydrogen (secondary N) is 1. The molecule has 98 valence electrons. The van der Waals surface area contributed by atoms with E-state index >= 15 is 0 Å². The molecule has 0 saturated heterocycles. The summed E-state index contributed by atoms with van der Waals surface area (Å²) >= 11 is 3.34. The first-order chi connectivity index (χ1) is 8.58. The van der Waals surface area contributed by atoms with Gasteiger partial charge < -0.3 is 10.1 Å². The Balaban J connectivity index is 2.59. The fourth-order valence-electron chi connectivity index (χ4n) is 2.50. The van der Waals surface area contributed by atoms with Crippen LogP contribution in [0.15, 0.2) is 10.5 Å². The van der Waals surface area contributed by atoms with Crippen molar-refractivity contribution in [2.45, 2.75) is 25.3 Å². The number of likely N-dealkylation sites (N-methyl/N-ethyl adjacent to an activating group) is 1. The summed E-state index contributed by atoms with van der Waals surface area (Å²) in [6.07, 6.45) is 2.43. The first-order valence-electron chi connectivity index (χ1n) is 5.78. The number of nitrogens with zero attached hydrogens (tertiary/aromatic N) is 1. The molecule has 0 aliphatic heterocycles. The van der Waals surface area contributed by atoms with Crippen molar-refractivity contribution in [3.05, 3.63) is 31.8 Å². The number of fused-ring (bicyclic) bond motifs is 1. The molecule has 1 N–H and O–H groups in total. The van der Waals surface area contributed by atoms with E-state index in [1.54, 1.807) is 7.11 Å². The average Bonchev–Trinajstić information content (AvgIpc) is 2.37. The molecule has 1 unspecified atom stereocenters. The average molecular weight is 315 g/mol. The van der Waals surface area contributed by atoms with E-state index in [0.29, 0.717) is 16.9 Å². The predicted octanol–water partition coefficient (Wildman–Crippen LogP) is 2.44. The van der Waals surface area contributed by atoms with Crippen molar-refractivity contribution in [3.63, 3.8) is 0 Å². The number of hydrogen-bond donors (Lipinski definition) is 1. The SMILES string of the molecule is CNC1CCc2c(c([N+](=O)[O-])cc(Br)c2OC)C1. The molecular formula is C12H15BrN2O3. The smallest absolute Gasteiger partial charge is 0.274 e. The summed E-state index contributed by atoms with van der Waals surface area (Å²) in [5.41, 5.74) is 1.94. The molecule has 0 saturated carbocycles. The highest BCUT2D eigenvalue weighted by Gasteiger charge is 2.29. The van der Waals surface area contributed by atoms with Gasteiger partial charge in [0.05, 0.1) is 16.5 Å². The van der Waals surface area contributed by atoms with Gasteiger partial charge in [0.15, 0.2) is 0 Å². The highest BCUT2D eigenvalue weighted by molar-refractivity contribution is 9.10. The van der Waals surface area contributed by atoms with Crippen LogP contribution in [-0.2, 0) is 12.8 Å². The van der Waals surface area contributed by atoms with Crippen LogP contribution in [-0.4, -0.2) is 25.1 Å². The van der Waals surface area contributed by atoms with Crippen LogP contribution in [0.3, 0.4) is 0 Å². The number of ether oxygens (including phenoxy) is 1. The van der Waals surface area contributed by atoms with Crippen LogP contribution in [0.25, 0.3) is 0 Å². The maximum absolute atomic E-state index is 11.1. The molecule has 6 heteroatoms. The molecule has 0 radical (unpaired) electrons. The van der Waals surface area contributed by atoms with Gasteiger partial charge in [0.1, 0.15) is 5.75 Å². The lowest BCUT2D eigenvalue weighted by atomic mass is 9.86. The third kappa shape index (κ3) is 2.22. The van der Waals surface area contributed by atoms with Crippen molar-refractivity contribution >= 4 is 21.6 Å². The van der Waals surface area contributed by atoms with E-state index < -0.39 is 0 Å². The topological polar surface area (TPSA) is 64.4 Å². The third-order valence-corrected chi connectivity index (χ3v) is 4.02. The second-order valence-corrected chi connectivity index (χ2v) is 5.21. The molecule has 0 amide bonds. The molecule has 5 nitrogen and oxygen atoms in total. The zero-order valence-corrected chi connectivity index (χ0v) is 11.9. The summed E-state index contributed by atoms with van der Waals surface area (Å²) in [4.78, 5) is 10.8. The molecular weight excluding hydrogens is 300 g/mol. The molecule has 0 spiro atoms. The Bertz CT molecular complexity index is 491. The summed E-state index contributed by atoms with van der Waals surface area (Å²) < 4.78 is 6.01. The van der Waals surface area contributed by atoms with E-state index in [9.17, 15) is 10.1 Å². The van der Waals surface area contributed by atoms with Gasteiger partial charge in [-0.15, -0.1) is 0 Å². The molecule has 1 aromatic rings. The maximum Gasteiger partial charge on any atom is 0.274 e. The van der Waals surface area contributed by atoms with E-state index in [0.717, 1.165) is 29.7 Å². The van der Waals surface area contributed by atoms with Crippen molar-refractivity contribution in [1.29, 1.82) is 0 Å². The lowest BCUT2D eigenvalue weighted by molar-refractivity contribution is -0.385. The lowest BCUT2D eigenvalue weighted by Crippen LogP contribution is -2.32. The van der Waals surface area contributed by atoms with Gasteiger partial charge in [-0.1, -0.05) is 0 Å². The number of rotatable bonds is 3. The first-order valence-corrected chi connectivity index (χ1v) is 6.57. The normalized spacial score (nSPS) is 18.3. The minimum atomic E-state index is -0.318. The lowest BCUT2D eigenvalue weighted by Gasteiger charge is -2.25. The van der Waals surface area contributed by atoms with Gasteiger partial charge in [0.25, 0.3) is 5.69 Å². The summed E-state index contributed by atoms with van der Waals surface area (Å²) in [7, 11) is 3.48. The summed E-state index contributed by atoms with van der Waals surface area (Å²) in [6, 6.07) is 1.83. The Morgan fingerprint density at radius 2 is 2.28 bits per heavy atom. The zero-order chi connectivity index (χ0) is 13.3. The first kappa shape index (κ1) is 13.3. The number of nitro groups is 1. The molecule has 0 fully saturated rings. The van der Waals surface area contributed by atoms with Crippen LogP contribution >= 0.6 is 15.9 Å². The van der Waals surface area contributed by atoms with E-state index in [4.69, 9.17) is 4.74 Å². The maximum atomic E-state index is 11.1. The minimum absolute atomic E-state index is 0.178. The third-order valence-electron chi connectivity index (χ3n) is 3.43. The van der Waals surface area contributed by atoms with Crippen molar-refractivity contribution in [2.24, 2.45) is 0 Å². The van der Waals surface area contributed by atoms with Gasteiger partial charge in [-0.25, -0.2) is 0 Å². The van der Waals surface area contributed by atoms with Gasteiger partial charge in [-0.3, -0.25) is 10.1 Å². The van der Waals surface area contributed by atoms with Gasteiger partial charge in [-0.2, -0.15) is 0 Å². The summed E-state index contributed by atoms with van der Waals surface area (Å²) in [5.74, 6) is 0.727. The quantitative estimate of drug-likeness (QED) is 0.687. The molecule has 1 aromatic carbocycles. The molecule has 18 heavy (non-hydrogen) atoms. The Morgan fingerprint density at radius 1 is 1.56 bits per heavy atom. The summed E-state index contributed by atoms with van der Waals surface area (Å²) in [5, 5.41) is 14.3. The molecule has 0 aromatic heterocycles. The molecule has 1 aliphatic carbocycles. The van der Waals surface area contributed by atoms with Crippen LogP contribution < -0.4 is 10.1 Å². The minimum Gasteiger partial charge on any atom is -0.495 e. The number of benzene rings is 1. The monoisotopic (exact) mass is 314 g/mol. The van der Waals surface area contributed by atoms with Crippen molar-refractivity contribution in [3.8, 4) is 5.75 Å². The Kier molecular flexibility index (Phi) is 3.87. The zero-order valence-electron chi connectivity index (χ0n) is 10.3. The van der Waals surface area contributed by atoms with Gasteiger partial charge in [-0.05, 0) is 42.2 Å². The molecule has 0 bridgehead atoms. The van der Waals surface area contributed by atoms with Crippen LogP contribution in [0.2, 0.25) is 0 Å². The second-order valence-electron chi connectivity index (χ2n) is 4.35. The van der Waals surface area contributed by atoms with Gasteiger partial charge in [0, 0.05) is 23.2 Å². The summed E-state index contributed by atoms with van der Waals surface area (Å²) in [6.45, 7) is 0. The van der Waals surface area contributed by atoms with Crippen LogP contribution in [0.5, 0.6) is 5.75 Å². The van der Waals surface area contributed by atoms with Crippen LogP contribution in [0.4, 0.5) is 5.69 Å². The molecule has 1 aliphatic rings. The number of halogens is 1. The van der Waals surface area contributed by atoms with E-state index in [2.05, 4.69) is 21.2 Å². The number of hydrogen-bond acceptors (Lipinski definition) is 4. The molecule has 0 heterocycles. The van der Waals surface area contributed by atoms with Gasteiger partial charge in [0.2, 0.25) is 0 Å². The highest BCUT2D eigenvalue weighted by Crippen LogP contribution is 2.41. The number of nitro benzene ring substituents is 1. The Morgan fingerprint density at radius 3 is 2.83 bits per heavy atom. The fraction of sp³-hybridized carbons (Fsp3) is 0.500. The van der Waals surface area contributed by atoms with E-state index in [1.165, 1.54) is 6.07 Å². The van der Waals surface area contributed by atoms with E-state index in [-0.39, 0.29) is 10.6 Å². The molecule has 1 atom stereocenters. The standard InChI is InChI=1S/C12H15BrN2O3/c1-14-7-3-4-8-9(5-7)11(15(16)17)6-10(13)12(8)18-2/h6-7,14H,3-5H2,1-2H3. The Hall–Kier alpha value is -1.14. The van der Waals surface area contributed by atoms with E-state index in [1.807, 2.05) is 7.05 Å². The molecule has 2 rings (SSSR count). The fourth-order valence-corrected chi connectivity index (χ4v) is 3.12. The highest BCUT2D eigenvalue weighted by atomic mass is 79.9. The largest absolute Gasteiger partial charge is 0.495 e. The van der Waals surface area contributed by atoms with Crippen LogP contribution in [0.1, 0.15) is 17.5 Å². The second kappa shape index (κ2) is 5.24.